The second-order valence-corrected chi connectivity index (χ2v) is 5.68. The zero-order valence-corrected chi connectivity index (χ0v) is 12.9. The Balaban J connectivity index is 2.78. The van der Waals surface area contributed by atoms with Crippen LogP contribution >= 0.6 is 0 Å². The highest BCUT2D eigenvalue weighted by Gasteiger charge is 2.18. The lowest BCUT2D eigenvalue weighted by molar-refractivity contribution is -0.121. The van der Waals surface area contributed by atoms with E-state index in [2.05, 4.69) is 34.4 Å². The van der Waals surface area contributed by atoms with E-state index in [4.69, 9.17) is 5.73 Å². The maximum absolute atomic E-state index is 12.0. The molecule has 1 aromatic heterocycles. The van der Waals surface area contributed by atoms with Crippen molar-refractivity contribution >= 4 is 17.5 Å². The van der Waals surface area contributed by atoms with Gasteiger partial charge in [0, 0.05) is 12.1 Å². The molecule has 112 valence electrons. The molecule has 0 aliphatic carbocycles. The van der Waals surface area contributed by atoms with Crippen LogP contribution in [0.15, 0.2) is 6.33 Å². The summed E-state index contributed by atoms with van der Waals surface area (Å²) in [6, 6.07) is -0.374. The quantitative estimate of drug-likeness (QED) is 0.737. The van der Waals surface area contributed by atoms with E-state index >= 15 is 0 Å². The zero-order chi connectivity index (χ0) is 15.3. The van der Waals surface area contributed by atoms with Gasteiger partial charge in [0.15, 0.2) is 0 Å². The molecule has 6 nitrogen and oxygen atoms in total. The minimum atomic E-state index is -0.374. The van der Waals surface area contributed by atoms with Crippen molar-refractivity contribution in [3.8, 4) is 0 Å². The Morgan fingerprint density at radius 2 is 1.90 bits per heavy atom. The summed E-state index contributed by atoms with van der Waals surface area (Å²) in [5.41, 5.74) is 6.72. The number of anilines is 2. The molecule has 20 heavy (non-hydrogen) atoms. The summed E-state index contributed by atoms with van der Waals surface area (Å²) in [6.45, 7) is 10.6. The van der Waals surface area contributed by atoms with Gasteiger partial charge in [-0.2, -0.15) is 0 Å². The van der Waals surface area contributed by atoms with Gasteiger partial charge in [-0.1, -0.05) is 27.7 Å². The first kappa shape index (κ1) is 16.2. The average molecular weight is 279 g/mol. The molecule has 0 radical (unpaired) electrons. The van der Waals surface area contributed by atoms with E-state index in [-0.39, 0.29) is 17.9 Å². The molecule has 0 spiro atoms. The molecule has 1 heterocycles. The predicted octanol–water partition coefficient (Wildman–Crippen LogP) is 1.75. The van der Waals surface area contributed by atoms with E-state index in [1.165, 1.54) is 6.33 Å². The highest BCUT2D eigenvalue weighted by Crippen LogP contribution is 2.26. The Morgan fingerprint density at radius 1 is 1.25 bits per heavy atom. The molecule has 6 heteroatoms. The van der Waals surface area contributed by atoms with Gasteiger partial charge in [-0.15, -0.1) is 0 Å². The van der Waals surface area contributed by atoms with Crippen molar-refractivity contribution in [2.24, 2.45) is 5.92 Å². The van der Waals surface area contributed by atoms with E-state index in [9.17, 15) is 4.79 Å². The second-order valence-electron chi connectivity index (χ2n) is 5.68. The lowest BCUT2D eigenvalue weighted by atomic mass is 10.0. The molecule has 1 rings (SSSR count). The lowest BCUT2D eigenvalue weighted by Crippen LogP contribution is -2.39. The zero-order valence-electron chi connectivity index (χ0n) is 12.9. The number of amides is 1. The number of nitrogens with one attached hydrogen (secondary N) is 2. The van der Waals surface area contributed by atoms with Crippen molar-refractivity contribution in [2.45, 2.75) is 46.6 Å². The lowest BCUT2D eigenvalue weighted by Gasteiger charge is -2.19. The maximum Gasteiger partial charge on any atom is 0.242 e. The number of hydrogen-bond donors (Lipinski definition) is 3. The topological polar surface area (TPSA) is 92.9 Å². The van der Waals surface area contributed by atoms with Crippen molar-refractivity contribution in [3.63, 3.8) is 0 Å². The first-order chi connectivity index (χ1) is 9.32. The van der Waals surface area contributed by atoms with E-state index < -0.39 is 0 Å². The van der Waals surface area contributed by atoms with Gasteiger partial charge in [-0.3, -0.25) is 4.79 Å². The van der Waals surface area contributed by atoms with Crippen LogP contribution in [0.5, 0.6) is 0 Å². The molecule has 0 aliphatic heterocycles. The fourth-order valence-electron chi connectivity index (χ4n) is 1.82. The number of carbonyl (C=O) groups is 1. The summed E-state index contributed by atoms with van der Waals surface area (Å²) in [6.07, 6.45) is 1.41. The van der Waals surface area contributed by atoms with E-state index in [0.717, 1.165) is 5.56 Å². The molecule has 0 bridgehead atoms. The molecular weight excluding hydrogens is 254 g/mol. The third-order valence-corrected chi connectivity index (χ3v) is 2.92. The van der Waals surface area contributed by atoms with Crippen LogP contribution in [0.25, 0.3) is 0 Å². The number of nitrogens with zero attached hydrogens (tertiary/aromatic N) is 2. The van der Waals surface area contributed by atoms with Crippen LogP contribution < -0.4 is 16.4 Å². The van der Waals surface area contributed by atoms with E-state index in [1.807, 2.05) is 13.8 Å². The molecular formula is C14H25N5O. The van der Waals surface area contributed by atoms with Gasteiger partial charge in [0.05, 0.1) is 0 Å². The summed E-state index contributed by atoms with van der Waals surface area (Å²) in [7, 11) is 0. The summed E-state index contributed by atoms with van der Waals surface area (Å²) in [5.74, 6) is 1.63. The molecule has 1 atom stereocenters. The highest BCUT2D eigenvalue weighted by atomic mass is 16.2. The Bertz CT molecular complexity index is 459. The van der Waals surface area contributed by atoms with Crippen LogP contribution in [-0.2, 0) is 4.79 Å². The van der Waals surface area contributed by atoms with Crippen LogP contribution in [0.4, 0.5) is 11.6 Å². The van der Waals surface area contributed by atoms with E-state index in [1.54, 1.807) is 6.92 Å². The smallest absolute Gasteiger partial charge is 0.242 e. The molecule has 1 unspecified atom stereocenters. The van der Waals surface area contributed by atoms with Gasteiger partial charge >= 0.3 is 0 Å². The van der Waals surface area contributed by atoms with Gasteiger partial charge in [0.2, 0.25) is 5.91 Å². The third-order valence-electron chi connectivity index (χ3n) is 2.92. The standard InChI is InChI=1S/C14H25N5O/c1-8(2)6-16-14(20)10(5)19-13-11(9(3)4)12(15)17-7-18-13/h7-10H,6H2,1-5H3,(H,16,20)(H3,15,17,18,19). The largest absolute Gasteiger partial charge is 0.383 e. The van der Waals surface area contributed by atoms with Gasteiger partial charge in [-0.25, -0.2) is 9.97 Å². The van der Waals surface area contributed by atoms with Crippen LogP contribution in [0.2, 0.25) is 0 Å². The number of nitrogens with two attached hydrogens (primary N) is 1. The summed E-state index contributed by atoms with van der Waals surface area (Å²) in [5, 5.41) is 6.00. The average Bonchev–Trinajstić information content (AvgIpc) is 2.35. The number of hydrogen-bond acceptors (Lipinski definition) is 5. The first-order valence-corrected chi connectivity index (χ1v) is 6.97. The summed E-state index contributed by atoms with van der Waals surface area (Å²) < 4.78 is 0. The van der Waals surface area contributed by atoms with Gasteiger partial charge in [0.25, 0.3) is 0 Å². The maximum atomic E-state index is 12.0. The Kier molecular flexibility index (Phi) is 5.73. The van der Waals surface area contributed by atoms with Crippen molar-refractivity contribution < 1.29 is 4.79 Å². The van der Waals surface area contributed by atoms with Crippen LogP contribution in [-0.4, -0.2) is 28.5 Å². The fourth-order valence-corrected chi connectivity index (χ4v) is 1.82. The minimum absolute atomic E-state index is 0.0504. The van der Waals surface area contributed by atoms with Crippen molar-refractivity contribution in [1.29, 1.82) is 0 Å². The summed E-state index contributed by atoms with van der Waals surface area (Å²) in [4.78, 5) is 20.2. The van der Waals surface area contributed by atoms with Gasteiger partial charge in [-0.05, 0) is 18.8 Å². The normalized spacial score (nSPS) is 12.6. The molecule has 1 amide bonds. The van der Waals surface area contributed by atoms with Crippen molar-refractivity contribution in [1.82, 2.24) is 15.3 Å². The predicted molar refractivity (Wildman–Crippen MR) is 81.5 cm³/mol. The highest BCUT2D eigenvalue weighted by molar-refractivity contribution is 5.84. The third kappa shape index (κ3) is 4.36. The summed E-state index contributed by atoms with van der Waals surface area (Å²) >= 11 is 0. The Hall–Kier alpha value is -1.85. The second kappa shape index (κ2) is 7.07. The monoisotopic (exact) mass is 279 g/mol. The van der Waals surface area contributed by atoms with E-state index in [0.29, 0.717) is 24.1 Å². The molecule has 0 fully saturated rings. The SMILES string of the molecule is CC(C)CNC(=O)C(C)Nc1ncnc(N)c1C(C)C. The van der Waals surface area contributed by atoms with Gasteiger partial charge in [0.1, 0.15) is 24.0 Å². The fraction of sp³-hybridized carbons (Fsp3) is 0.643. The van der Waals surface area contributed by atoms with Gasteiger partial charge < -0.3 is 16.4 Å². The molecule has 4 N–H and O–H groups in total. The molecule has 0 saturated heterocycles. The molecule has 1 aromatic rings. The number of carbonyl (C=O) groups excluding carboxylic acids is 1. The first-order valence-electron chi connectivity index (χ1n) is 6.97. The molecule has 0 aromatic carbocycles. The molecule has 0 aliphatic rings. The number of nitrogen functional groups attached to an aromatic ring is 1. The Morgan fingerprint density at radius 3 is 2.45 bits per heavy atom. The van der Waals surface area contributed by atoms with Crippen LogP contribution in [0.1, 0.15) is 46.1 Å². The van der Waals surface area contributed by atoms with Crippen LogP contribution in [0.3, 0.4) is 0 Å². The number of rotatable bonds is 6. The number of aromatic nitrogens is 2. The van der Waals surface area contributed by atoms with Crippen LogP contribution in [0, 0.1) is 5.92 Å². The van der Waals surface area contributed by atoms with Crippen molar-refractivity contribution in [3.05, 3.63) is 11.9 Å². The Labute approximate surface area is 120 Å². The molecule has 0 saturated carbocycles. The van der Waals surface area contributed by atoms with Crippen molar-refractivity contribution in [2.75, 3.05) is 17.6 Å². The minimum Gasteiger partial charge on any atom is -0.383 e.